The third kappa shape index (κ3) is 4.38. The SMILES string of the molecule is CCOP(=O)(OCC)C(Nc1ccc2c(c1)CCC2)c1c(F)cccc1Cl. The van der Waals surface area contributed by atoms with Crippen LogP contribution in [0.3, 0.4) is 0 Å². The first-order valence-electron chi connectivity index (χ1n) is 9.19. The summed E-state index contributed by atoms with van der Waals surface area (Å²) in [7, 11) is -3.73. The molecule has 0 spiro atoms. The molecule has 0 radical (unpaired) electrons. The van der Waals surface area contributed by atoms with Gasteiger partial charge in [0.05, 0.1) is 13.2 Å². The lowest BCUT2D eigenvalue weighted by molar-refractivity contribution is 0.213. The van der Waals surface area contributed by atoms with E-state index in [4.69, 9.17) is 20.6 Å². The van der Waals surface area contributed by atoms with Crippen LogP contribution in [-0.2, 0) is 26.5 Å². The molecule has 0 bridgehead atoms. The molecule has 7 heteroatoms. The molecule has 0 heterocycles. The molecule has 1 unspecified atom stereocenters. The van der Waals surface area contributed by atoms with E-state index in [9.17, 15) is 8.96 Å². The Morgan fingerprint density at radius 2 is 1.85 bits per heavy atom. The summed E-state index contributed by atoms with van der Waals surface area (Å²) in [5.41, 5.74) is 3.39. The summed E-state index contributed by atoms with van der Waals surface area (Å²) in [5.74, 6) is -1.61. The van der Waals surface area contributed by atoms with Crippen molar-refractivity contribution >= 4 is 24.9 Å². The van der Waals surface area contributed by atoms with Crippen molar-refractivity contribution in [2.24, 2.45) is 0 Å². The molecule has 1 aliphatic carbocycles. The number of nitrogens with one attached hydrogen (secondary N) is 1. The second-order valence-electron chi connectivity index (χ2n) is 6.39. The molecule has 2 aromatic rings. The van der Waals surface area contributed by atoms with Crippen molar-refractivity contribution in [2.75, 3.05) is 18.5 Å². The second-order valence-corrected chi connectivity index (χ2v) is 8.91. The summed E-state index contributed by atoms with van der Waals surface area (Å²) < 4.78 is 39.2. The van der Waals surface area contributed by atoms with Gasteiger partial charge in [0.15, 0.2) is 5.78 Å². The molecule has 0 saturated carbocycles. The molecular weight excluding hydrogens is 388 g/mol. The molecule has 1 atom stereocenters. The number of halogens is 2. The van der Waals surface area contributed by atoms with E-state index in [1.165, 1.54) is 23.3 Å². The summed E-state index contributed by atoms with van der Waals surface area (Å²) >= 11 is 6.28. The topological polar surface area (TPSA) is 47.6 Å². The summed E-state index contributed by atoms with van der Waals surface area (Å²) in [6.45, 7) is 3.79. The fourth-order valence-corrected chi connectivity index (χ4v) is 5.77. The number of aryl methyl sites for hydroxylation is 2. The van der Waals surface area contributed by atoms with Crippen molar-refractivity contribution in [3.63, 3.8) is 0 Å². The van der Waals surface area contributed by atoms with E-state index in [2.05, 4.69) is 11.4 Å². The minimum absolute atomic E-state index is 0.0879. The number of hydrogen-bond donors (Lipinski definition) is 1. The third-order valence-electron chi connectivity index (χ3n) is 4.61. The maximum Gasteiger partial charge on any atom is 0.357 e. The quantitative estimate of drug-likeness (QED) is 0.514. The predicted molar refractivity (Wildman–Crippen MR) is 107 cm³/mol. The van der Waals surface area contributed by atoms with Gasteiger partial charge in [-0.2, -0.15) is 0 Å². The van der Waals surface area contributed by atoms with Crippen LogP contribution in [0.5, 0.6) is 0 Å². The maximum absolute atomic E-state index is 14.7. The molecule has 4 nitrogen and oxygen atoms in total. The van der Waals surface area contributed by atoms with Crippen molar-refractivity contribution in [1.82, 2.24) is 0 Å². The predicted octanol–water partition coefficient (Wildman–Crippen LogP) is 6.34. The normalized spacial score (nSPS) is 14.8. The number of benzene rings is 2. The number of fused-ring (bicyclic) bond motifs is 1. The van der Waals surface area contributed by atoms with Gasteiger partial charge in [-0.3, -0.25) is 4.57 Å². The van der Waals surface area contributed by atoms with Gasteiger partial charge in [-0.25, -0.2) is 4.39 Å². The van der Waals surface area contributed by atoms with Crippen LogP contribution in [0.15, 0.2) is 36.4 Å². The van der Waals surface area contributed by atoms with E-state index >= 15 is 0 Å². The van der Waals surface area contributed by atoms with Gasteiger partial charge >= 0.3 is 7.60 Å². The van der Waals surface area contributed by atoms with Gasteiger partial charge in [0.2, 0.25) is 0 Å². The summed E-state index contributed by atoms with van der Waals surface area (Å²) in [6, 6.07) is 10.4. The Morgan fingerprint density at radius 3 is 2.52 bits per heavy atom. The highest BCUT2D eigenvalue weighted by Crippen LogP contribution is 2.62. The van der Waals surface area contributed by atoms with Crippen LogP contribution in [-0.4, -0.2) is 13.2 Å². The van der Waals surface area contributed by atoms with Crippen molar-refractivity contribution in [3.8, 4) is 0 Å². The van der Waals surface area contributed by atoms with Gasteiger partial charge < -0.3 is 14.4 Å². The molecule has 0 aromatic heterocycles. The molecule has 27 heavy (non-hydrogen) atoms. The van der Waals surface area contributed by atoms with E-state index in [0.717, 1.165) is 24.9 Å². The molecule has 1 N–H and O–H groups in total. The Bertz CT molecular complexity index is 831. The van der Waals surface area contributed by atoms with E-state index in [-0.39, 0.29) is 23.8 Å². The minimum Gasteiger partial charge on any atom is -0.368 e. The number of anilines is 1. The van der Waals surface area contributed by atoms with Gasteiger partial charge in [0.1, 0.15) is 5.82 Å². The average Bonchev–Trinajstić information content (AvgIpc) is 3.09. The Balaban J connectivity index is 2.05. The van der Waals surface area contributed by atoms with Gasteiger partial charge in [0, 0.05) is 16.3 Å². The lowest BCUT2D eigenvalue weighted by Gasteiger charge is -2.29. The fourth-order valence-electron chi connectivity index (χ4n) is 3.45. The van der Waals surface area contributed by atoms with E-state index < -0.39 is 19.2 Å². The van der Waals surface area contributed by atoms with E-state index in [1.807, 2.05) is 12.1 Å². The molecule has 0 fully saturated rings. The van der Waals surface area contributed by atoms with Gasteiger partial charge in [-0.1, -0.05) is 23.7 Å². The van der Waals surface area contributed by atoms with Crippen LogP contribution < -0.4 is 5.32 Å². The highest BCUT2D eigenvalue weighted by atomic mass is 35.5. The second kappa shape index (κ2) is 8.74. The van der Waals surface area contributed by atoms with E-state index in [0.29, 0.717) is 0 Å². The summed E-state index contributed by atoms with van der Waals surface area (Å²) in [4.78, 5) is 0. The molecule has 0 saturated heterocycles. The Hall–Kier alpha value is -1.39. The standard InChI is InChI=1S/C20H24ClFNO3P/c1-3-25-27(24,26-4-2)20(19-17(21)9-6-10-18(19)22)23-16-12-11-14-7-5-8-15(14)13-16/h6,9-13,20,23H,3-5,7-8H2,1-2H3. The van der Waals surface area contributed by atoms with Crippen LogP contribution in [0.2, 0.25) is 5.02 Å². The maximum atomic E-state index is 14.7. The zero-order valence-corrected chi connectivity index (χ0v) is 17.2. The molecule has 2 aromatic carbocycles. The van der Waals surface area contributed by atoms with Crippen molar-refractivity contribution in [3.05, 3.63) is 63.9 Å². The Labute approximate surface area is 164 Å². The molecule has 1 aliphatic rings. The lowest BCUT2D eigenvalue weighted by atomic mass is 10.1. The summed E-state index contributed by atoms with van der Waals surface area (Å²) in [6.07, 6.45) is 3.19. The van der Waals surface area contributed by atoms with Crippen LogP contribution in [0.4, 0.5) is 10.1 Å². The Kier molecular flexibility index (Phi) is 6.59. The van der Waals surface area contributed by atoms with Crippen molar-refractivity contribution in [2.45, 2.75) is 38.9 Å². The molecule has 0 aliphatic heterocycles. The highest BCUT2D eigenvalue weighted by Gasteiger charge is 2.40. The summed E-state index contributed by atoms with van der Waals surface area (Å²) in [5, 5.41) is 3.35. The first-order valence-corrected chi connectivity index (χ1v) is 11.2. The van der Waals surface area contributed by atoms with Gasteiger partial charge in [0.25, 0.3) is 0 Å². The number of hydrogen-bond acceptors (Lipinski definition) is 4. The van der Waals surface area contributed by atoms with Crippen LogP contribution in [0.25, 0.3) is 0 Å². The average molecular weight is 412 g/mol. The first kappa shape index (κ1) is 20.3. The van der Waals surface area contributed by atoms with Gasteiger partial charge in [-0.15, -0.1) is 0 Å². The first-order chi connectivity index (χ1) is 13.0. The monoisotopic (exact) mass is 411 g/mol. The minimum atomic E-state index is -3.73. The highest BCUT2D eigenvalue weighted by molar-refractivity contribution is 7.54. The van der Waals surface area contributed by atoms with Crippen LogP contribution in [0.1, 0.15) is 42.7 Å². The van der Waals surface area contributed by atoms with Crippen molar-refractivity contribution < 1.29 is 18.0 Å². The smallest absolute Gasteiger partial charge is 0.357 e. The zero-order chi connectivity index (χ0) is 19.4. The van der Waals surface area contributed by atoms with Crippen LogP contribution >= 0.6 is 19.2 Å². The van der Waals surface area contributed by atoms with E-state index in [1.54, 1.807) is 19.9 Å². The largest absolute Gasteiger partial charge is 0.368 e. The fraction of sp³-hybridized carbons (Fsp3) is 0.400. The number of rotatable bonds is 8. The van der Waals surface area contributed by atoms with Crippen molar-refractivity contribution in [1.29, 1.82) is 0 Å². The molecule has 3 rings (SSSR count). The molecule has 0 amide bonds. The Morgan fingerprint density at radius 1 is 1.15 bits per heavy atom. The van der Waals surface area contributed by atoms with Gasteiger partial charge in [-0.05, 0) is 68.5 Å². The molecule has 146 valence electrons. The molecular formula is C20H24ClFNO3P. The zero-order valence-electron chi connectivity index (χ0n) is 15.5. The third-order valence-corrected chi connectivity index (χ3v) is 7.19. The lowest BCUT2D eigenvalue weighted by Crippen LogP contribution is -2.17. The van der Waals surface area contributed by atoms with Crippen LogP contribution in [0, 0.1) is 5.82 Å².